The molecular formula is C12H13NO6. The van der Waals surface area contributed by atoms with Gasteiger partial charge in [0.1, 0.15) is 0 Å². The highest BCUT2D eigenvalue weighted by molar-refractivity contribution is 5.95. The van der Waals surface area contributed by atoms with Crippen molar-refractivity contribution in [3.63, 3.8) is 0 Å². The van der Waals surface area contributed by atoms with Crippen molar-refractivity contribution in [2.75, 3.05) is 13.7 Å². The van der Waals surface area contributed by atoms with Crippen LogP contribution in [-0.4, -0.2) is 30.4 Å². The van der Waals surface area contributed by atoms with Crippen LogP contribution in [0.5, 0.6) is 5.75 Å². The Labute approximate surface area is 109 Å². The molecule has 0 aliphatic heterocycles. The van der Waals surface area contributed by atoms with E-state index in [0.717, 1.165) is 6.07 Å². The molecule has 0 fully saturated rings. The third-order valence-electron chi connectivity index (χ3n) is 2.42. The Hall–Kier alpha value is -2.44. The van der Waals surface area contributed by atoms with Crippen LogP contribution in [0.15, 0.2) is 12.1 Å². The highest BCUT2D eigenvalue weighted by atomic mass is 16.6. The standard InChI is InChI=1S/C12H13NO6/c1-7-4-9(8(2)14)5-10(13(16)17)12(7)19-6-11(15)18-3/h4-5H,6H2,1-3H3. The summed E-state index contributed by atoms with van der Waals surface area (Å²) in [7, 11) is 1.19. The molecule has 0 saturated heterocycles. The number of nitro groups is 1. The number of ether oxygens (including phenoxy) is 2. The second kappa shape index (κ2) is 5.94. The van der Waals surface area contributed by atoms with Gasteiger partial charge in [0, 0.05) is 11.6 Å². The van der Waals surface area contributed by atoms with E-state index in [1.165, 1.54) is 20.1 Å². The fraction of sp³-hybridized carbons (Fsp3) is 0.333. The van der Waals surface area contributed by atoms with Crippen molar-refractivity contribution >= 4 is 17.4 Å². The SMILES string of the molecule is COC(=O)COc1c(C)cc(C(C)=O)cc1[N+](=O)[O-]. The number of Topliss-reactive ketones (excluding diaryl/α,β-unsaturated/α-hetero) is 1. The van der Waals surface area contributed by atoms with E-state index in [-0.39, 0.29) is 22.8 Å². The first kappa shape index (κ1) is 14.6. The number of esters is 1. The highest BCUT2D eigenvalue weighted by Crippen LogP contribution is 2.32. The summed E-state index contributed by atoms with van der Waals surface area (Å²) in [6.45, 7) is 2.44. The molecule has 7 nitrogen and oxygen atoms in total. The summed E-state index contributed by atoms with van der Waals surface area (Å²) in [5.41, 5.74) is 0.270. The Balaban J connectivity index is 3.18. The zero-order valence-corrected chi connectivity index (χ0v) is 10.8. The number of ketones is 1. The number of hydrogen-bond acceptors (Lipinski definition) is 6. The predicted molar refractivity (Wildman–Crippen MR) is 65.3 cm³/mol. The van der Waals surface area contributed by atoms with Crippen LogP contribution < -0.4 is 4.74 Å². The highest BCUT2D eigenvalue weighted by Gasteiger charge is 2.21. The summed E-state index contributed by atoms with van der Waals surface area (Å²) in [4.78, 5) is 32.5. The summed E-state index contributed by atoms with van der Waals surface area (Å²) in [6, 6.07) is 2.60. The second-order valence-corrected chi connectivity index (χ2v) is 3.82. The number of aryl methyl sites for hydroxylation is 1. The number of benzene rings is 1. The largest absolute Gasteiger partial charge is 0.475 e. The topological polar surface area (TPSA) is 95.7 Å². The molecule has 1 aromatic carbocycles. The first-order valence-corrected chi connectivity index (χ1v) is 5.36. The fourth-order valence-electron chi connectivity index (χ4n) is 1.47. The zero-order valence-electron chi connectivity index (χ0n) is 10.8. The van der Waals surface area contributed by atoms with E-state index >= 15 is 0 Å². The average molecular weight is 267 g/mol. The van der Waals surface area contributed by atoms with Gasteiger partial charge >= 0.3 is 11.7 Å². The van der Waals surface area contributed by atoms with Crippen LogP contribution >= 0.6 is 0 Å². The molecule has 7 heteroatoms. The van der Waals surface area contributed by atoms with Crippen LogP contribution in [0, 0.1) is 17.0 Å². The van der Waals surface area contributed by atoms with E-state index < -0.39 is 17.5 Å². The van der Waals surface area contributed by atoms with Crippen LogP contribution in [0.4, 0.5) is 5.69 Å². The lowest BCUT2D eigenvalue weighted by atomic mass is 10.1. The molecule has 0 saturated carbocycles. The van der Waals surface area contributed by atoms with Crippen LogP contribution in [0.1, 0.15) is 22.8 Å². The molecule has 0 aliphatic rings. The maximum absolute atomic E-state index is 11.3. The molecule has 0 aromatic heterocycles. The molecule has 0 unspecified atom stereocenters. The van der Waals surface area contributed by atoms with Gasteiger partial charge in [-0.3, -0.25) is 14.9 Å². The lowest BCUT2D eigenvalue weighted by Crippen LogP contribution is -2.14. The summed E-state index contributed by atoms with van der Waals surface area (Å²) < 4.78 is 9.48. The van der Waals surface area contributed by atoms with Crippen molar-refractivity contribution in [3.8, 4) is 5.75 Å². The molecule has 0 bridgehead atoms. The first-order valence-electron chi connectivity index (χ1n) is 5.36. The average Bonchev–Trinajstić information content (AvgIpc) is 2.35. The van der Waals surface area contributed by atoms with Crippen molar-refractivity contribution < 1.29 is 24.0 Å². The Morgan fingerprint density at radius 1 is 1.37 bits per heavy atom. The van der Waals surface area contributed by atoms with Crippen molar-refractivity contribution in [1.82, 2.24) is 0 Å². The zero-order chi connectivity index (χ0) is 14.6. The van der Waals surface area contributed by atoms with Crippen molar-refractivity contribution in [1.29, 1.82) is 0 Å². The molecule has 0 aliphatic carbocycles. The molecule has 0 atom stereocenters. The van der Waals surface area contributed by atoms with Crippen molar-refractivity contribution in [2.45, 2.75) is 13.8 Å². The summed E-state index contributed by atoms with van der Waals surface area (Å²) in [6.07, 6.45) is 0. The van der Waals surface area contributed by atoms with Gasteiger partial charge in [0.05, 0.1) is 12.0 Å². The van der Waals surface area contributed by atoms with Gasteiger partial charge in [-0.2, -0.15) is 0 Å². The van der Waals surface area contributed by atoms with E-state index in [2.05, 4.69) is 4.74 Å². The van der Waals surface area contributed by atoms with Gasteiger partial charge < -0.3 is 9.47 Å². The Kier molecular flexibility index (Phi) is 4.57. The lowest BCUT2D eigenvalue weighted by Gasteiger charge is -2.09. The third kappa shape index (κ3) is 3.51. The predicted octanol–water partition coefficient (Wildman–Crippen LogP) is 1.66. The monoisotopic (exact) mass is 267 g/mol. The number of methoxy groups -OCH3 is 1. The van der Waals surface area contributed by atoms with Crippen LogP contribution in [0.2, 0.25) is 0 Å². The smallest absolute Gasteiger partial charge is 0.343 e. The minimum Gasteiger partial charge on any atom is -0.475 e. The van der Waals surface area contributed by atoms with Gasteiger partial charge in [0.25, 0.3) is 0 Å². The molecule has 0 spiro atoms. The normalized spacial score (nSPS) is 9.84. The van der Waals surface area contributed by atoms with Gasteiger partial charge in [0.2, 0.25) is 5.75 Å². The molecule has 102 valence electrons. The Bertz CT molecular complexity index is 537. The van der Waals surface area contributed by atoms with E-state index in [0.29, 0.717) is 5.56 Å². The number of rotatable bonds is 5. The van der Waals surface area contributed by atoms with Crippen LogP contribution in [0.25, 0.3) is 0 Å². The molecule has 1 aromatic rings. The number of carbonyl (C=O) groups excluding carboxylic acids is 2. The molecule has 0 N–H and O–H groups in total. The molecule has 0 heterocycles. The lowest BCUT2D eigenvalue weighted by molar-refractivity contribution is -0.385. The van der Waals surface area contributed by atoms with Gasteiger partial charge in [-0.05, 0) is 25.5 Å². The summed E-state index contributed by atoms with van der Waals surface area (Å²) in [5, 5.41) is 11.0. The summed E-state index contributed by atoms with van der Waals surface area (Å²) >= 11 is 0. The minimum absolute atomic E-state index is 0.0413. The van der Waals surface area contributed by atoms with Crippen molar-refractivity contribution in [2.24, 2.45) is 0 Å². The number of carbonyl (C=O) groups is 2. The van der Waals surface area contributed by atoms with E-state index in [1.807, 2.05) is 0 Å². The number of nitro benzene ring substituents is 1. The maximum Gasteiger partial charge on any atom is 0.343 e. The summed E-state index contributed by atoms with van der Waals surface area (Å²) in [5.74, 6) is -0.976. The Morgan fingerprint density at radius 2 is 2.00 bits per heavy atom. The molecule has 0 radical (unpaired) electrons. The quantitative estimate of drug-likeness (QED) is 0.348. The van der Waals surface area contributed by atoms with E-state index in [4.69, 9.17) is 4.74 Å². The van der Waals surface area contributed by atoms with Gasteiger partial charge in [-0.1, -0.05) is 0 Å². The van der Waals surface area contributed by atoms with Crippen LogP contribution in [0.3, 0.4) is 0 Å². The fourth-order valence-corrected chi connectivity index (χ4v) is 1.47. The number of nitrogens with zero attached hydrogens (tertiary/aromatic N) is 1. The van der Waals surface area contributed by atoms with E-state index in [1.54, 1.807) is 6.92 Å². The molecule has 19 heavy (non-hydrogen) atoms. The first-order chi connectivity index (χ1) is 8.86. The van der Waals surface area contributed by atoms with Gasteiger partial charge in [-0.25, -0.2) is 4.79 Å². The van der Waals surface area contributed by atoms with Gasteiger partial charge in [-0.15, -0.1) is 0 Å². The number of hydrogen-bond donors (Lipinski definition) is 0. The van der Waals surface area contributed by atoms with Gasteiger partial charge in [0.15, 0.2) is 12.4 Å². The third-order valence-corrected chi connectivity index (χ3v) is 2.42. The van der Waals surface area contributed by atoms with Crippen LogP contribution in [-0.2, 0) is 9.53 Å². The van der Waals surface area contributed by atoms with Crippen molar-refractivity contribution in [3.05, 3.63) is 33.4 Å². The molecular weight excluding hydrogens is 254 g/mol. The van der Waals surface area contributed by atoms with E-state index in [9.17, 15) is 19.7 Å². The maximum atomic E-state index is 11.3. The minimum atomic E-state index is -0.661. The molecule has 0 amide bonds. The second-order valence-electron chi connectivity index (χ2n) is 3.82. The molecule has 1 rings (SSSR count). The Morgan fingerprint density at radius 3 is 2.47 bits per heavy atom.